The zero-order valence-electron chi connectivity index (χ0n) is 16.2. The van der Waals surface area contributed by atoms with Gasteiger partial charge in [0.1, 0.15) is 6.04 Å². The summed E-state index contributed by atoms with van der Waals surface area (Å²) in [5.74, 6) is -0.408. The van der Waals surface area contributed by atoms with Crippen LogP contribution in [0, 0.1) is 5.92 Å². The monoisotopic (exact) mass is 385 g/mol. The molecule has 1 aliphatic carbocycles. The molecule has 0 radical (unpaired) electrons. The van der Waals surface area contributed by atoms with Crippen LogP contribution in [0.25, 0.3) is 0 Å². The maximum Gasteiger partial charge on any atom is 0.338 e. The van der Waals surface area contributed by atoms with Gasteiger partial charge in [-0.3, -0.25) is 9.59 Å². The summed E-state index contributed by atoms with van der Waals surface area (Å²) >= 11 is 0. The lowest BCUT2D eigenvalue weighted by Crippen LogP contribution is -2.44. The molecule has 1 saturated heterocycles. The number of anilines is 2. The second-order valence-electron chi connectivity index (χ2n) is 8.08. The lowest BCUT2D eigenvalue weighted by molar-refractivity contribution is -0.125. The van der Waals surface area contributed by atoms with Crippen molar-refractivity contribution in [3.8, 4) is 0 Å². The van der Waals surface area contributed by atoms with Crippen LogP contribution >= 0.6 is 0 Å². The number of esters is 1. The molecule has 2 N–H and O–H groups in total. The number of nitrogens with zero attached hydrogens (tertiary/aromatic N) is 1. The van der Waals surface area contributed by atoms with Gasteiger partial charge in [0.2, 0.25) is 5.91 Å². The molecular formula is C21H27N3O4. The molecule has 0 unspecified atom stereocenters. The van der Waals surface area contributed by atoms with Crippen molar-refractivity contribution >= 4 is 29.2 Å². The molecule has 2 heterocycles. The van der Waals surface area contributed by atoms with Crippen molar-refractivity contribution in [2.45, 2.75) is 57.5 Å². The van der Waals surface area contributed by atoms with Gasteiger partial charge in [-0.05, 0) is 49.8 Å². The van der Waals surface area contributed by atoms with Crippen LogP contribution in [0.3, 0.4) is 0 Å². The summed E-state index contributed by atoms with van der Waals surface area (Å²) in [4.78, 5) is 38.8. The smallest absolute Gasteiger partial charge is 0.338 e. The topological polar surface area (TPSA) is 87.7 Å². The Kier molecular flexibility index (Phi) is 5.24. The number of hydrogen-bond donors (Lipinski definition) is 2. The zero-order valence-corrected chi connectivity index (χ0v) is 16.2. The molecule has 7 nitrogen and oxygen atoms in total. The van der Waals surface area contributed by atoms with Crippen molar-refractivity contribution < 1.29 is 19.1 Å². The molecule has 3 atom stereocenters. The molecule has 1 saturated carbocycles. The molecule has 3 aliphatic rings. The Hall–Kier alpha value is -2.57. The molecule has 1 aromatic carbocycles. The Balaban J connectivity index is 1.36. The summed E-state index contributed by atoms with van der Waals surface area (Å²) in [6.45, 7) is 2.69. The number of benzene rings is 1. The van der Waals surface area contributed by atoms with E-state index in [-0.39, 0.29) is 30.5 Å². The normalized spacial score (nSPS) is 26.1. The summed E-state index contributed by atoms with van der Waals surface area (Å²) in [5, 5.41) is 5.86. The number of fused-ring (bicyclic) bond motifs is 3. The zero-order chi connectivity index (χ0) is 19.7. The first-order valence-corrected chi connectivity index (χ1v) is 10.2. The third kappa shape index (κ3) is 3.70. The second-order valence-corrected chi connectivity index (χ2v) is 8.08. The van der Waals surface area contributed by atoms with Crippen LogP contribution in [0.15, 0.2) is 18.2 Å². The van der Waals surface area contributed by atoms with E-state index in [4.69, 9.17) is 4.74 Å². The minimum Gasteiger partial charge on any atom is -0.452 e. The summed E-state index contributed by atoms with van der Waals surface area (Å²) < 4.78 is 5.19. The SMILES string of the molecule is C[C@H]1CCCC[C@@H]1NC(=O)COC(=O)c1ccc2c(c1)NC(=O)[C@H]1CCCN21. The van der Waals surface area contributed by atoms with Gasteiger partial charge in [-0.25, -0.2) is 4.79 Å². The summed E-state index contributed by atoms with van der Waals surface area (Å²) in [6.07, 6.45) is 6.25. The average molecular weight is 385 g/mol. The van der Waals surface area contributed by atoms with Crippen LogP contribution in [0.1, 0.15) is 55.8 Å². The fourth-order valence-corrected chi connectivity index (χ4v) is 4.55. The first kappa shape index (κ1) is 18.8. The van der Waals surface area contributed by atoms with Gasteiger partial charge in [-0.15, -0.1) is 0 Å². The van der Waals surface area contributed by atoms with Gasteiger partial charge < -0.3 is 20.3 Å². The number of nitrogens with one attached hydrogen (secondary N) is 2. The van der Waals surface area contributed by atoms with Crippen LogP contribution in [-0.4, -0.2) is 43.0 Å². The van der Waals surface area contributed by atoms with E-state index < -0.39 is 5.97 Å². The van der Waals surface area contributed by atoms with E-state index >= 15 is 0 Å². The number of amides is 2. The van der Waals surface area contributed by atoms with Gasteiger partial charge in [0.05, 0.1) is 16.9 Å². The molecule has 28 heavy (non-hydrogen) atoms. The van der Waals surface area contributed by atoms with Crippen molar-refractivity contribution in [1.82, 2.24) is 5.32 Å². The highest BCUT2D eigenvalue weighted by molar-refractivity contribution is 6.05. The Morgan fingerprint density at radius 2 is 2.04 bits per heavy atom. The number of rotatable bonds is 4. The van der Waals surface area contributed by atoms with E-state index in [1.165, 1.54) is 6.42 Å². The lowest BCUT2D eigenvalue weighted by Gasteiger charge is -2.33. The largest absolute Gasteiger partial charge is 0.452 e. The Labute approximate surface area is 164 Å². The Morgan fingerprint density at radius 1 is 1.21 bits per heavy atom. The number of carbonyl (C=O) groups excluding carboxylic acids is 3. The predicted octanol–water partition coefficient (Wildman–Crippen LogP) is 2.46. The Bertz CT molecular complexity index is 794. The lowest BCUT2D eigenvalue weighted by atomic mass is 9.86. The molecule has 2 amide bonds. The first-order chi connectivity index (χ1) is 13.5. The van der Waals surface area contributed by atoms with E-state index in [1.807, 2.05) is 6.07 Å². The molecule has 2 aliphatic heterocycles. The summed E-state index contributed by atoms with van der Waals surface area (Å²) in [5.41, 5.74) is 1.89. The van der Waals surface area contributed by atoms with Crippen LogP contribution in [0.5, 0.6) is 0 Å². The van der Waals surface area contributed by atoms with Crippen molar-refractivity contribution in [2.75, 3.05) is 23.4 Å². The molecule has 1 aromatic rings. The number of hydrogen-bond acceptors (Lipinski definition) is 5. The van der Waals surface area contributed by atoms with Crippen LogP contribution in [0.2, 0.25) is 0 Å². The molecule has 0 bridgehead atoms. The molecule has 7 heteroatoms. The molecule has 0 aromatic heterocycles. The predicted molar refractivity (Wildman–Crippen MR) is 105 cm³/mol. The molecule has 0 spiro atoms. The van der Waals surface area contributed by atoms with E-state index in [1.54, 1.807) is 12.1 Å². The molecule has 4 rings (SSSR count). The summed E-state index contributed by atoms with van der Waals surface area (Å²) in [7, 11) is 0. The van der Waals surface area contributed by atoms with Crippen LogP contribution < -0.4 is 15.5 Å². The van der Waals surface area contributed by atoms with E-state index in [0.29, 0.717) is 17.2 Å². The van der Waals surface area contributed by atoms with Crippen molar-refractivity contribution in [2.24, 2.45) is 5.92 Å². The first-order valence-electron chi connectivity index (χ1n) is 10.2. The van der Waals surface area contributed by atoms with E-state index in [0.717, 1.165) is 44.3 Å². The van der Waals surface area contributed by atoms with Crippen LogP contribution in [-0.2, 0) is 14.3 Å². The quantitative estimate of drug-likeness (QED) is 0.778. The van der Waals surface area contributed by atoms with Crippen molar-refractivity contribution in [3.63, 3.8) is 0 Å². The maximum absolute atomic E-state index is 12.4. The third-order valence-corrected chi connectivity index (χ3v) is 6.15. The summed E-state index contributed by atoms with van der Waals surface area (Å²) in [6, 6.07) is 5.21. The number of carbonyl (C=O) groups is 3. The minimum atomic E-state index is -0.563. The highest BCUT2D eigenvalue weighted by Crippen LogP contribution is 2.37. The fraction of sp³-hybridized carbons (Fsp3) is 0.571. The van der Waals surface area contributed by atoms with Gasteiger partial charge in [0.25, 0.3) is 5.91 Å². The van der Waals surface area contributed by atoms with Gasteiger partial charge in [0.15, 0.2) is 6.61 Å². The van der Waals surface area contributed by atoms with Gasteiger partial charge in [-0.2, -0.15) is 0 Å². The van der Waals surface area contributed by atoms with Gasteiger partial charge >= 0.3 is 5.97 Å². The molecular weight excluding hydrogens is 358 g/mol. The third-order valence-electron chi connectivity index (χ3n) is 6.15. The van der Waals surface area contributed by atoms with Gasteiger partial charge in [0, 0.05) is 12.6 Å². The van der Waals surface area contributed by atoms with Crippen LogP contribution in [0.4, 0.5) is 11.4 Å². The van der Waals surface area contributed by atoms with E-state index in [9.17, 15) is 14.4 Å². The maximum atomic E-state index is 12.4. The highest BCUT2D eigenvalue weighted by Gasteiger charge is 2.36. The van der Waals surface area contributed by atoms with Gasteiger partial charge in [-0.1, -0.05) is 19.8 Å². The molecule has 150 valence electrons. The standard InChI is InChI=1S/C21H27N3O4/c1-13-5-2-3-6-15(13)22-19(25)12-28-21(27)14-8-9-17-16(11-14)23-20(26)18-7-4-10-24(17)18/h8-9,11,13,15,18H,2-7,10,12H2,1H3,(H,22,25)(H,23,26)/t13-,15-,18+/m0/s1. The minimum absolute atomic E-state index is 0.0310. The number of ether oxygens (including phenoxy) is 1. The van der Waals surface area contributed by atoms with E-state index in [2.05, 4.69) is 22.5 Å². The average Bonchev–Trinajstić information content (AvgIpc) is 3.18. The van der Waals surface area contributed by atoms with Crippen molar-refractivity contribution in [1.29, 1.82) is 0 Å². The molecule has 2 fully saturated rings. The highest BCUT2D eigenvalue weighted by atomic mass is 16.5. The Morgan fingerprint density at radius 3 is 2.86 bits per heavy atom. The van der Waals surface area contributed by atoms with Crippen molar-refractivity contribution in [3.05, 3.63) is 23.8 Å². The second kappa shape index (κ2) is 7.81. The fourth-order valence-electron chi connectivity index (χ4n) is 4.55.